The van der Waals surface area contributed by atoms with E-state index < -0.39 is 0 Å². The molecule has 1 aromatic rings. The van der Waals surface area contributed by atoms with Crippen molar-refractivity contribution < 1.29 is 9.59 Å². The first-order chi connectivity index (χ1) is 6.80. The maximum Gasteiger partial charge on any atom is 0.240 e. The van der Waals surface area contributed by atoms with Gasteiger partial charge in [0.25, 0.3) is 0 Å². The number of isocyanates is 2. The van der Waals surface area contributed by atoms with Gasteiger partial charge in [0.1, 0.15) is 0 Å². The van der Waals surface area contributed by atoms with E-state index in [4.69, 9.17) is 5.73 Å². The van der Waals surface area contributed by atoms with Gasteiger partial charge in [-0.25, -0.2) is 9.59 Å². The van der Waals surface area contributed by atoms with Crippen LogP contribution in [0.15, 0.2) is 22.1 Å². The van der Waals surface area contributed by atoms with Crippen molar-refractivity contribution in [1.82, 2.24) is 0 Å². The summed E-state index contributed by atoms with van der Waals surface area (Å²) in [5.41, 5.74) is 6.58. The Balaban J connectivity index is 3.25. The number of hydrogen-bond acceptors (Lipinski definition) is 5. The SMILES string of the molecule is NCc1cc(N=C=O)[c]c(N=C=O)c1. The maximum absolute atomic E-state index is 9.99. The monoisotopic (exact) mass is 188 g/mol. The Labute approximate surface area is 80.0 Å². The van der Waals surface area contributed by atoms with Gasteiger partial charge in [0.2, 0.25) is 12.2 Å². The standard InChI is InChI=1S/C9H6N3O2/c10-4-7-1-8(11-5-13)3-9(2-7)12-6-14/h1-2H,4,10H2. The van der Waals surface area contributed by atoms with E-state index in [2.05, 4.69) is 16.1 Å². The zero-order valence-corrected chi connectivity index (χ0v) is 7.15. The topological polar surface area (TPSA) is 84.9 Å². The lowest BCUT2D eigenvalue weighted by molar-refractivity contribution is 0.565. The van der Waals surface area contributed by atoms with E-state index in [9.17, 15) is 9.59 Å². The molecule has 0 aliphatic heterocycles. The summed E-state index contributed by atoms with van der Waals surface area (Å²) in [6.45, 7) is 0.261. The van der Waals surface area contributed by atoms with Crippen LogP contribution in [0.4, 0.5) is 11.4 Å². The minimum atomic E-state index is 0.247. The number of rotatable bonds is 3. The number of nitrogens with two attached hydrogens (primary N) is 1. The Bertz CT molecular complexity index is 393. The molecule has 1 aromatic carbocycles. The minimum absolute atomic E-state index is 0.247. The third-order valence-electron chi connectivity index (χ3n) is 1.47. The number of nitrogens with zero attached hydrogens (tertiary/aromatic N) is 2. The summed E-state index contributed by atoms with van der Waals surface area (Å²) in [4.78, 5) is 26.7. The van der Waals surface area contributed by atoms with Crippen LogP contribution in [-0.4, -0.2) is 12.2 Å². The molecule has 0 spiro atoms. The summed E-state index contributed by atoms with van der Waals surface area (Å²) in [6.07, 6.45) is 2.73. The molecule has 0 unspecified atom stereocenters. The van der Waals surface area contributed by atoms with Crippen molar-refractivity contribution in [2.45, 2.75) is 6.54 Å². The van der Waals surface area contributed by atoms with Crippen LogP contribution >= 0.6 is 0 Å². The quantitative estimate of drug-likeness (QED) is 0.564. The summed E-state index contributed by atoms with van der Waals surface area (Å²) in [5, 5.41) is 0. The predicted octanol–water partition coefficient (Wildman–Crippen LogP) is 0.880. The zero-order valence-electron chi connectivity index (χ0n) is 7.15. The van der Waals surface area contributed by atoms with E-state index >= 15 is 0 Å². The van der Waals surface area contributed by atoms with Crippen LogP contribution in [-0.2, 0) is 16.1 Å². The summed E-state index contributed by atoms with van der Waals surface area (Å²) in [5.74, 6) is 0. The first-order valence-corrected chi connectivity index (χ1v) is 3.72. The van der Waals surface area contributed by atoms with E-state index in [0.29, 0.717) is 5.56 Å². The molecule has 2 N–H and O–H groups in total. The summed E-state index contributed by atoms with van der Waals surface area (Å²) in [6, 6.07) is 5.74. The van der Waals surface area contributed by atoms with Gasteiger partial charge in [-0.1, -0.05) is 0 Å². The van der Waals surface area contributed by atoms with E-state index in [0.717, 1.165) is 0 Å². The third kappa shape index (κ3) is 2.47. The fourth-order valence-corrected chi connectivity index (χ4v) is 0.933. The van der Waals surface area contributed by atoms with Crippen LogP contribution in [0, 0.1) is 6.07 Å². The molecule has 0 heterocycles. The fraction of sp³-hybridized carbons (Fsp3) is 0.111. The van der Waals surface area contributed by atoms with Gasteiger partial charge < -0.3 is 5.73 Å². The second kappa shape index (κ2) is 4.84. The lowest BCUT2D eigenvalue weighted by Gasteiger charge is -1.98. The van der Waals surface area contributed by atoms with Gasteiger partial charge >= 0.3 is 0 Å². The van der Waals surface area contributed by atoms with Crippen LogP contribution in [0.2, 0.25) is 0 Å². The maximum atomic E-state index is 9.99. The lowest BCUT2D eigenvalue weighted by atomic mass is 10.2. The summed E-state index contributed by atoms with van der Waals surface area (Å²) < 4.78 is 0. The molecule has 0 atom stereocenters. The Hall–Kier alpha value is -2.06. The summed E-state index contributed by atoms with van der Waals surface area (Å²) in [7, 11) is 0. The number of carbonyl (C=O) groups excluding carboxylic acids is 2. The highest BCUT2D eigenvalue weighted by Gasteiger charge is 1.99. The number of aliphatic imine (C=N–C) groups is 2. The van der Waals surface area contributed by atoms with Crippen molar-refractivity contribution >= 4 is 23.5 Å². The van der Waals surface area contributed by atoms with Crippen molar-refractivity contribution in [3.05, 3.63) is 23.8 Å². The molecule has 0 saturated heterocycles. The number of hydrogen-bond donors (Lipinski definition) is 1. The molecule has 0 amide bonds. The Morgan fingerprint density at radius 1 is 1.21 bits per heavy atom. The summed E-state index contributed by atoms with van der Waals surface area (Å²) >= 11 is 0. The molecule has 5 heteroatoms. The molecular formula is C9H6N3O2. The van der Waals surface area contributed by atoms with Crippen molar-refractivity contribution in [2.75, 3.05) is 0 Å². The van der Waals surface area contributed by atoms with E-state index in [-0.39, 0.29) is 17.9 Å². The lowest BCUT2D eigenvalue weighted by Crippen LogP contribution is -1.95. The second-order valence-electron chi connectivity index (χ2n) is 2.37. The molecule has 0 aromatic heterocycles. The largest absolute Gasteiger partial charge is 0.326 e. The zero-order chi connectivity index (χ0) is 10.4. The van der Waals surface area contributed by atoms with Gasteiger partial charge in [-0.2, -0.15) is 9.98 Å². The van der Waals surface area contributed by atoms with Crippen LogP contribution < -0.4 is 5.73 Å². The van der Waals surface area contributed by atoms with Crippen LogP contribution in [0.1, 0.15) is 5.56 Å². The molecule has 0 saturated carbocycles. The molecule has 14 heavy (non-hydrogen) atoms. The smallest absolute Gasteiger partial charge is 0.240 e. The van der Waals surface area contributed by atoms with Crippen LogP contribution in [0.25, 0.3) is 0 Å². The van der Waals surface area contributed by atoms with Crippen LogP contribution in [0.3, 0.4) is 0 Å². The molecule has 1 rings (SSSR count). The molecule has 0 bridgehead atoms. The van der Waals surface area contributed by atoms with Crippen molar-refractivity contribution in [2.24, 2.45) is 15.7 Å². The van der Waals surface area contributed by atoms with Gasteiger partial charge in [-0.15, -0.1) is 0 Å². The van der Waals surface area contributed by atoms with E-state index in [1.54, 1.807) is 12.1 Å². The van der Waals surface area contributed by atoms with Gasteiger partial charge in [-0.3, -0.25) is 0 Å². The Kier molecular flexibility index (Phi) is 3.47. The average Bonchev–Trinajstić information content (AvgIpc) is 2.18. The normalized spacial score (nSPS) is 8.64. The number of benzene rings is 1. The van der Waals surface area contributed by atoms with E-state index in [1.165, 1.54) is 12.2 Å². The molecule has 0 fully saturated rings. The van der Waals surface area contributed by atoms with Gasteiger partial charge in [0.15, 0.2) is 0 Å². The van der Waals surface area contributed by atoms with Gasteiger partial charge in [0, 0.05) is 12.6 Å². The Morgan fingerprint density at radius 2 is 1.71 bits per heavy atom. The molecular weight excluding hydrogens is 182 g/mol. The molecule has 69 valence electrons. The molecule has 1 radical (unpaired) electrons. The fourth-order valence-electron chi connectivity index (χ4n) is 0.933. The highest BCUT2D eigenvalue weighted by Crippen LogP contribution is 2.21. The predicted molar refractivity (Wildman–Crippen MR) is 48.7 cm³/mol. The highest BCUT2D eigenvalue weighted by molar-refractivity contribution is 5.59. The minimum Gasteiger partial charge on any atom is -0.326 e. The van der Waals surface area contributed by atoms with E-state index in [1.807, 2.05) is 0 Å². The highest BCUT2D eigenvalue weighted by atomic mass is 16.1. The molecule has 5 nitrogen and oxygen atoms in total. The van der Waals surface area contributed by atoms with Gasteiger partial charge in [0.05, 0.1) is 11.4 Å². The first-order valence-electron chi connectivity index (χ1n) is 3.72. The molecule has 0 aliphatic rings. The van der Waals surface area contributed by atoms with Crippen molar-refractivity contribution in [1.29, 1.82) is 0 Å². The van der Waals surface area contributed by atoms with Crippen molar-refractivity contribution in [3.63, 3.8) is 0 Å². The van der Waals surface area contributed by atoms with Crippen LogP contribution in [0.5, 0.6) is 0 Å². The molecule has 0 aliphatic carbocycles. The van der Waals surface area contributed by atoms with Crippen molar-refractivity contribution in [3.8, 4) is 0 Å². The second-order valence-corrected chi connectivity index (χ2v) is 2.37. The van der Waals surface area contributed by atoms with Gasteiger partial charge in [-0.05, 0) is 17.7 Å². The average molecular weight is 188 g/mol. The Morgan fingerprint density at radius 3 is 2.07 bits per heavy atom. The third-order valence-corrected chi connectivity index (χ3v) is 1.47. The first kappa shape index (κ1) is 10.0.